The second-order valence-corrected chi connectivity index (χ2v) is 7.60. The molecule has 1 unspecified atom stereocenters. The number of para-hydroxylation sites is 1. The highest BCUT2D eigenvalue weighted by Crippen LogP contribution is 2.27. The molecule has 3 nitrogen and oxygen atoms in total. The van der Waals surface area contributed by atoms with E-state index in [4.69, 9.17) is 0 Å². The summed E-state index contributed by atoms with van der Waals surface area (Å²) in [5.41, 5.74) is 1.80. The molecule has 0 saturated heterocycles. The lowest BCUT2D eigenvalue weighted by Gasteiger charge is -2.13. The fourth-order valence-corrected chi connectivity index (χ4v) is 4.59. The number of benzene rings is 2. The Labute approximate surface area is 160 Å². The van der Waals surface area contributed by atoms with E-state index in [2.05, 4.69) is 4.74 Å². The Balaban J connectivity index is 1.80. The van der Waals surface area contributed by atoms with E-state index < -0.39 is 18.5 Å². The first kappa shape index (κ1) is 20.6. The van der Waals surface area contributed by atoms with Crippen molar-refractivity contribution >= 4 is 29.5 Å². The zero-order valence-corrected chi connectivity index (χ0v) is 15.6. The highest BCUT2D eigenvalue weighted by molar-refractivity contribution is 7.99. The molecule has 1 N–H and O–H groups in total. The molecule has 0 amide bonds. The van der Waals surface area contributed by atoms with Crippen molar-refractivity contribution in [2.24, 2.45) is 5.92 Å². The quantitative estimate of drug-likeness (QED) is 0.567. The van der Waals surface area contributed by atoms with Gasteiger partial charge in [-0.25, -0.2) is 0 Å². The van der Waals surface area contributed by atoms with E-state index in [1.807, 2.05) is 30.3 Å². The molecular formula is C19H20F2O3S2. The molecule has 0 fully saturated rings. The van der Waals surface area contributed by atoms with Crippen LogP contribution in [0.4, 0.5) is 8.78 Å². The largest absolute Gasteiger partial charge is 0.481 e. The van der Waals surface area contributed by atoms with Gasteiger partial charge in [0.05, 0.1) is 5.92 Å². The molecule has 0 spiro atoms. The zero-order valence-electron chi connectivity index (χ0n) is 14.0. The van der Waals surface area contributed by atoms with Crippen LogP contribution in [-0.4, -0.2) is 29.2 Å². The number of carboxylic acid groups (broad SMARTS) is 1. The van der Waals surface area contributed by atoms with Crippen LogP contribution in [0.5, 0.6) is 5.75 Å². The van der Waals surface area contributed by atoms with Gasteiger partial charge >= 0.3 is 12.6 Å². The fourth-order valence-electron chi connectivity index (χ4n) is 2.23. The highest BCUT2D eigenvalue weighted by atomic mass is 32.2. The summed E-state index contributed by atoms with van der Waals surface area (Å²) in [4.78, 5) is 11.4. The van der Waals surface area contributed by atoms with E-state index in [1.54, 1.807) is 30.0 Å². The predicted octanol–water partition coefficient (Wildman–Crippen LogP) is 5.16. The number of hydrogen-bond donors (Lipinski definition) is 1. The second kappa shape index (κ2) is 11.1. The van der Waals surface area contributed by atoms with Gasteiger partial charge in [-0.2, -0.15) is 32.3 Å². The molecule has 0 aromatic heterocycles. The molecule has 140 valence electrons. The summed E-state index contributed by atoms with van der Waals surface area (Å²) < 4.78 is 29.4. The number of aliphatic carboxylic acids is 1. The molecule has 1 atom stereocenters. The summed E-state index contributed by atoms with van der Waals surface area (Å²) in [5.74, 6) is 0.926. The molecule has 0 aliphatic carbocycles. The second-order valence-electron chi connectivity index (χ2n) is 5.54. The molecule has 0 aliphatic heterocycles. The first-order valence-corrected chi connectivity index (χ1v) is 10.3. The first-order valence-electron chi connectivity index (χ1n) is 8.01. The molecule has 0 saturated carbocycles. The van der Waals surface area contributed by atoms with Crippen molar-refractivity contribution in [1.29, 1.82) is 0 Å². The van der Waals surface area contributed by atoms with Crippen LogP contribution < -0.4 is 4.74 Å². The third-order valence-corrected chi connectivity index (χ3v) is 5.87. The molecule has 2 rings (SSSR count). The van der Waals surface area contributed by atoms with E-state index in [0.29, 0.717) is 22.8 Å². The smallest absolute Gasteiger partial charge is 0.387 e. The number of hydrogen-bond acceptors (Lipinski definition) is 4. The van der Waals surface area contributed by atoms with E-state index in [9.17, 15) is 18.7 Å². The lowest BCUT2D eigenvalue weighted by atomic mass is 10.2. The number of alkyl halides is 2. The fraction of sp³-hybridized carbons (Fsp3) is 0.316. The molecule has 0 heterocycles. The van der Waals surface area contributed by atoms with E-state index >= 15 is 0 Å². The van der Waals surface area contributed by atoms with Gasteiger partial charge < -0.3 is 9.84 Å². The van der Waals surface area contributed by atoms with Gasteiger partial charge in [0.2, 0.25) is 0 Å². The van der Waals surface area contributed by atoms with E-state index in [1.165, 1.54) is 17.8 Å². The SMILES string of the molecule is O=C(O)C(CSCc1ccccc1)CSCc1ccccc1OC(F)F. The van der Waals surface area contributed by atoms with Crippen LogP contribution in [0.3, 0.4) is 0 Å². The van der Waals surface area contributed by atoms with Gasteiger partial charge in [0, 0.05) is 28.6 Å². The Kier molecular flexibility index (Phi) is 8.77. The summed E-state index contributed by atoms with van der Waals surface area (Å²) in [6.45, 7) is -2.87. The van der Waals surface area contributed by atoms with Crippen molar-refractivity contribution in [2.45, 2.75) is 18.1 Å². The van der Waals surface area contributed by atoms with E-state index in [-0.39, 0.29) is 5.75 Å². The summed E-state index contributed by atoms with van der Waals surface area (Å²) in [6, 6.07) is 16.5. The standard InChI is InChI=1S/C19H20F2O3S2/c20-19(21)24-17-9-5-4-8-15(17)11-26-13-16(18(22)23)12-25-10-14-6-2-1-3-7-14/h1-9,16,19H,10-13H2,(H,22,23). The van der Waals surface area contributed by atoms with Crippen molar-refractivity contribution in [2.75, 3.05) is 11.5 Å². The molecule has 0 radical (unpaired) electrons. The van der Waals surface area contributed by atoms with Crippen LogP contribution in [-0.2, 0) is 16.3 Å². The van der Waals surface area contributed by atoms with Crippen LogP contribution in [0.25, 0.3) is 0 Å². The predicted molar refractivity (Wildman–Crippen MR) is 103 cm³/mol. The Bertz CT molecular complexity index is 683. The summed E-state index contributed by atoms with van der Waals surface area (Å²) in [7, 11) is 0. The summed E-state index contributed by atoms with van der Waals surface area (Å²) in [5, 5.41) is 9.39. The van der Waals surface area contributed by atoms with Gasteiger partial charge in [-0.3, -0.25) is 4.79 Å². The van der Waals surface area contributed by atoms with Crippen LogP contribution in [0.15, 0.2) is 54.6 Å². The summed E-state index contributed by atoms with van der Waals surface area (Å²) in [6.07, 6.45) is 0. The Morgan fingerprint density at radius 3 is 2.23 bits per heavy atom. The normalized spacial score (nSPS) is 12.1. The monoisotopic (exact) mass is 398 g/mol. The lowest BCUT2D eigenvalue weighted by molar-refractivity contribution is -0.140. The molecule has 26 heavy (non-hydrogen) atoms. The molecule has 7 heteroatoms. The van der Waals surface area contributed by atoms with Crippen molar-refractivity contribution in [3.63, 3.8) is 0 Å². The maximum absolute atomic E-state index is 12.4. The highest BCUT2D eigenvalue weighted by Gasteiger charge is 2.18. The van der Waals surface area contributed by atoms with Gasteiger partial charge in [0.15, 0.2) is 0 Å². The Morgan fingerprint density at radius 2 is 1.58 bits per heavy atom. The Morgan fingerprint density at radius 1 is 0.962 bits per heavy atom. The maximum Gasteiger partial charge on any atom is 0.387 e. The number of thioether (sulfide) groups is 2. The minimum Gasteiger partial charge on any atom is -0.481 e. The van der Waals surface area contributed by atoms with Gasteiger partial charge in [-0.05, 0) is 11.6 Å². The van der Waals surface area contributed by atoms with Crippen molar-refractivity contribution < 1.29 is 23.4 Å². The summed E-state index contributed by atoms with van der Waals surface area (Å²) >= 11 is 2.99. The van der Waals surface area contributed by atoms with Gasteiger partial charge in [0.25, 0.3) is 0 Å². The van der Waals surface area contributed by atoms with Crippen molar-refractivity contribution in [3.8, 4) is 5.75 Å². The average Bonchev–Trinajstić information content (AvgIpc) is 2.62. The average molecular weight is 398 g/mol. The van der Waals surface area contributed by atoms with Crippen molar-refractivity contribution in [1.82, 2.24) is 0 Å². The molecule has 2 aromatic rings. The minimum atomic E-state index is -2.87. The third-order valence-electron chi connectivity index (χ3n) is 3.55. The van der Waals surface area contributed by atoms with Crippen LogP contribution >= 0.6 is 23.5 Å². The topological polar surface area (TPSA) is 46.5 Å². The van der Waals surface area contributed by atoms with E-state index in [0.717, 1.165) is 11.3 Å². The molecule has 0 aliphatic rings. The Hall–Kier alpha value is -1.73. The lowest BCUT2D eigenvalue weighted by Crippen LogP contribution is -2.19. The molecule has 0 bridgehead atoms. The minimum absolute atomic E-state index is 0.139. The van der Waals surface area contributed by atoms with Crippen LogP contribution in [0.1, 0.15) is 11.1 Å². The van der Waals surface area contributed by atoms with Gasteiger partial charge in [0.1, 0.15) is 5.75 Å². The zero-order chi connectivity index (χ0) is 18.8. The number of carboxylic acids is 1. The molecule has 2 aromatic carbocycles. The first-order chi connectivity index (χ1) is 12.6. The maximum atomic E-state index is 12.4. The third kappa shape index (κ3) is 7.25. The number of carbonyl (C=O) groups is 1. The molecular weight excluding hydrogens is 378 g/mol. The van der Waals surface area contributed by atoms with Crippen LogP contribution in [0, 0.1) is 5.92 Å². The van der Waals surface area contributed by atoms with Crippen molar-refractivity contribution in [3.05, 3.63) is 65.7 Å². The van der Waals surface area contributed by atoms with Gasteiger partial charge in [-0.15, -0.1) is 0 Å². The number of halogens is 2. The van der Waals surface area contributed by atoms with Gasteiger partial charge in [-0.1, -0.05) is 48.5 Å². The number of rotatable bonds is 11. The number of ether oxygens (including phenoxy) is 1. The van der Waals surface area contributed by atoms with Crippen LogP contribution in [0.2, 0.25) is 0 Å².